The minimum atomic E-state index is -0.424. The van der Waals surface area contributed by atoms with E-state index < -0.39 is 5.69 Å². The Kier molecular flexibility index (Phi) is 3.62. The van der Waals surface area contributed by atoms with Crippen molar-refractivity contribution in [1.82, 2.24) is 9.55 Å². The van der Waals surface area contributed by atoms with Crippen LogP contribution in [0.4, 0.5) is 5.82 Å². The number of nitrogens with one attached hydrogen (secondary N) is 1. The Hall–Kier alpha value is -2.99. The maximum atomic E-state index is 12.7. The third-order valence-corrected chi connectivity index (χ3v) is 4.41. The second-order valence-corrected chi connectivity index (χ2v) is 5.85. The molecule has 7 heteroatoms. The molecule has 0 saturated carbocycles. The van der Waals surface area contributed by atoms with Gasteiger partial charge in [-0.05, 0) is 24.3 Å². The molecule has 4 rings (SSSR count). The molecule has 0 atom stereocenters. The van der Waals surface area contributed by atoms with Gasteiger partial charge in [-0.2, -0.15) is 4.98 Å². The van der Waals surface area contributed by atoms with Crippen LogP contribution in [0.5, 0.6) is 5.75 Å². The first kappa shape index (κ1) is 15.5. The second-order valence-electron chi connectivity index (χ2n) is 5.45. The van der Waals surface area contributed by atoms with Gasteiger partial charge in [0, 0.05) is 18.5 Å². The van der Waals surface area contributed by atoms with Crippen LogP contribution in [-0.2, 0) is 0 Å². The molecule has 25 heavy (non-hydrogen) atoms. The van der Waals surface area contributed by atoms with E-state index in [2.05, 4.69) is 10.3 Å². The quantitative estimate of drug-likeness (QED) is 0.604. The number of halogens is 1. The summed E-state index contributed by atoms with van der Waals surface area (Å²) in [6.07, 6.45) is 1.57. The first-order valence-electron chi connectivity index (χ1n) is 7.58. The monoisotopic (exact) mass is 355 g/mol. The van der Waals surface area contributed by atoms with Crippen molar-refractivity contribution >= 4 is 39.3 Å². The van der Waals surface area contributed by atoms with Crippen molar-refractivity contribution in [2.75, 3.05) is 19.5 Å². The van der Waals surface area contributed by atoms with E-state index >= 15 is 0 Å². The van der Waals surface area contributed by atoms with Gasteiger partial charge in [0.25, 0.3) is 0 Å². The summed E-state index contributed by atoms with van der Waals surface area (Å²) in [4.78, 5) is 16.9. The fraction of sp³-hybridized carbons (Fsp3) is 0.111. The number of furan rings is 1. The zero-order valence-corrected chi connectivity index (χ0v) is 14.3. The highest BCUT2D eigenvalue weighted by molar-refractivity contribution is 6.37. The van der Waals surface area contributed by atoms with Gasteiger partial charge in [0.2, 0.25) is 0 Å². The highest BCUT2D eigenvalue weighted by Gasteiger charge is 2.18. The van der Waals surface area contributed by atoms with Crippen LogP contribution in [0.3, 0.4) is 0 Å². The van der Waals surface area contributed by atoms with Crippen LogP contribution in [-0.4, -0.2) is 23.7 Å². The molecule has 0 aliphatic heterocycles. The number of aromatic nitrogens is 2. The van der Waals surface area contributed by atoms with Crippen LogP contribution in [0.25, 0.3) is 27.6 Å². The third-order valence-electron chi connectivity index (χ3n) is 4.09. The van der Waals surface area contributed by atoms with Crippen molar-refractivity contribution in [2.45, 2.75) is 0 Å². The van der Waals surface area contributed by atoms with E-state index in [-0.39, 0.29) is 0 Å². The van der Waals surface area contributed by atoms with Gasteiger partial charge >= 0.3 is 5.69 Å². The Balaban J connectivity index is 2.20. The SMILES string of the molecule is CNc1nc(=O)n(-c2cccc(OC)c2)c2cc(Cl)c3ccoc3c12. The summed E-state index contributed by atoms with van der Waals surface area (Å²) in [6, 6.07) is 10.7. The van der Waals surface area contributed by atoms with Crippen LogP contribution < -0.4 is 15.7 Å². The third kappa shape index (κ3) is 2.34. The molecule has 6 nitrogen and oxygen atoms in total. The molecule has 0 bridgehead atoms. The Morgan fingerprint density at radius 2 is 2.12 bits per heavy atom. The second kappa shape index (κ2) is 5.82. The van der Waals surface area contributed by atoms with E-state index in [9.17, 15) is 4.79 Å². The van der Waals surface area contributed by atoms with Crippen LogP contribution in [0.2, 0.25) is 5.02 Å². The van der Waals surface area contributed by atoms with Gasteiger partial charge in [0.1, 0.15) is 17.2 Å². The lowest BCUT2D eigenvalue weighted by Crippen LogP contribution is -2.23. The van der Waals surface area contributed by atoms with Crippen molar-refractivity contribution in [1.29, 1.82) is 0 Å². The molecule has 4 aromatic rings. The Labute approximate surface area is 147 Å². The van der Waals surface area contributed by atoms with E-state index in [0.717, 1.165) is 5.39 Å². The lowest BCUT2D eigenvalue weighted by molar-refractivity contribution is 0.414. The molecule has 0 saturated heterocycles. The summed E-state index contributed by atoms with van der Waals surface area (Å²) in [5.74, 6) is 1.08. The van der Waals surface area contributed by atoms with Gasteiger partial charge in [-0.15, -0.1) is 0 Å². The number of anilines is 1. The number of rotatable bonds is 3. The molecule has 0 fully saturated rings. The molecule has 2 aromatic heterocycles. The molecule has 0 spiro atoms. The van der Waals surface area contributed by atoms with Crippen LogP contribution in [0.1, 0.15) is 0 Å². The van der Waals surface area contributed by atoms with Crippen molar-refractivity contribution in [3.8, 4) is 11.4 Å². The number of methoxy groups -OCH3 is 1. The predicted octanol–water partition coefficient (Wildman–Crippen LogP) is 3.84. The number of nitrogens with zero attached hydrogens (tertiary/aromatic N) is 2. The van der Waals surface area contributed by atoms with Crippen molar-refractivity contribution in [3.05, 3.63) is 58.2 Å². The summed E-state index contributed by atoms with van der Waals surface area (Å²) < 4.78 is 12.4. The minimum absolute atomic E-state index is 0.424. The minimum Gasteiger partial charge on any atom is -0.497 e. The smallest absolute Gasteiger partial charge is 0.354 e. The first-order valence-corrected chi connectivity index (χ1v) is 7.96. The number of hydrogen-bond donors (Lipinski definition) is 1. The first-order chi connectivity index (χ1) is 12.1. The van der Waals surface area contributed by atoms with Crippen molar-refractivity contribution < 1.29 is 9.15 Å². The summed E-state index contributed by atoms with van der Waals surface area (Å²) in [5, 5.41) is 4.92. The molecule has 0 aliphatic carbocycles. The van der Waals surface area contributed by atoms with Gasteiger partial charge < -0.3 is 14.5 Å². The van der Waals surface area contributed by atoms with Gasteiger partial charge in [-0.25, -0.2) is 4.79 Å². The van der Waals surface area contributed by atoms with Gasteiger partial charge in [-0.3, -0.25) is 4.57 Å². The van der Waals surface area contributed by atoms with E-state index in [4.69, 9.17) is 20.8 Å². The molecule has 126 valence electrons. The summed E-state index contributed by atoms with van der Waals surface area (Å²) in [5.41, 5.74) is 1.39. The molecule has 2 heterocycles. The highest BCUT2D eigenvalue weighted by Crippen LogP contribution is 2.35. The van der Waals surface area contributed by atoms with Crippen molar-refractivity contribution in [2.24, 2.45) is 0 Å². The van der Waals surface area contributed by atoms with Crippen LogP contribution >= 0.6 is 11.6 Å². The molecule has 0 amide bonds. The van der Waals surface area contributed by atoms with Crippen molar-refractivity contribution in [3.63, 3.8) is 0 Å². The lowest BCUT2D eigenvalue weighted by Gasteiger charge is -2.14. The molecule has 0 aliphatic rings. The standard InChI is InChI=1S/C18H14ClN3O3/c1-20-17-15-14(9-13(19)12-6-7-25-16(12)15)22(18(23)21-17)10-4-3-5-11(8-10)24-2/h3-9H,1-2H3,(H,20,21,23). The number of fused-ring (bicyclic) bond motifs is 3. The molecule has 1 N–H and O–H groups in total. The lowest BCUT2D eigenvalue weighted by atomic mass is 10.1. The van der Waals surface area contributed by atoms with Gasteiger partial charge in [0.05, 0.1) is 35.0 Å². The maximum absolute atomic E-state index is 12.7. The molecule has 0 radical (unpaired) electrons. The topological polar surface area (TPSA) is 69.3 Å². The average Bonchev–Trinajstić information content (AvgIpc) is 3.11. The molecular formula is C18H14ClN3O3. The zero-order chi connectivity index (χ0) is 17.6. The maximum Gasteiger partial charge on any atom is 0.354 e. The largest absolute Gasteiger partial charge is 0.497 e. The summed E-state index contributed by atoms with van der Waals surface area (Å²) in [7, 11) is 3.28. The molecule has 2 aromatic carbocycles. The van der Waals surface area contributed by atoms with Crippen LogP contribution in [0, 0.1) is 0 Å². The number of benzene rings is 2. The fourth-order valence-electron chi connectivity index (χ4n) is 2.97. The van der Waals surface area contributed by atoms with E-state index in [1.807, 2.05) is 18.2 Å². The molecular weight excluding hydrogens is 342 g/mol. The number of ether oxygens (including phenoxy) is 1. The van der Waals surface area contributed by atoms with Crippen LogP contribution in [0.15, 0.2) is 51.9 Å². The Morgan fingerprint density at radius 3 is 2.88 bits per heavy atom. The summed E-state index contributed by atoms with van der Waals surface area (Å²) in [6.45, 7) is 0. The predicted molar refractivity (Wildman–Crippen MR) is 98.2 cm³/mol. The average molecular weight is 356 g/mol. The summed E-state index contributed by atoms with van der Waals surface area (Å²) >= 11 is 6.40. The normalized spacial score (nSPS) is 11.2. The highest BCUT2D eigenvalue weighted by atomic mass is 35.5. The number of hydrogen-bond acceptors (Lipinski definition) is 5. The van der Waals surface area contributed by atoms with Gasteiger partial charge in [0.15, 0.2) is 0 Å². The van der Waals surface area contributed by atoms with Gasteiger partial charge in [-0.1, -0.05) is 17.7 Å². The Morgan fingerprint density at radius 1 is 1.28 bits per heavy atom. The zero-order valence-electron chi connectivity index (χ0n) is 13.5. The fourth-order valence-corrected chi connectivity index (χ4v) is 3.22. The van der Waals surface area contributed by atoms with E-state index in [0.29, 0.717) is 38.8 Å². The van der Waals surface area contributed by atoms with E-state index in [1.54, 1.807) is 38.6 Å². The molecule has 0 unspecified atom stereocenters. The van der Waals surface area contributed by atoms with E-state index in [1.165, 1.54) is 4.57 Å². The Bertz CT molecular complexity index is 1160.